The molecule has 2 heterocycles. The molecule has 0 amide bonds. The van der Waals surface area contributed by atoms with E-state index in [9.17, 15) is 4.79 Å². The molecule has 1 aromatic rings. The number of Topliss-reactive ketones (excluding diaryl/α,β-unsaturated/α-hetero) is 1. The van der Waals surface area contributed by atoms with Gasteiger partial charge in [-0.05, 0) is 19.0 Å². The summed E-state index contributed by atoms with van der Waals surface area (Å²) in [5.74, 6) is 0.457. The third kappa shape index (κ3) is 3.51. The largest absolute Gasteiger partial charge is 0.381 e. The summed E-state index contributed by atoms with van der Waals surface area (Å²) in [6.45, 7) is 4.87. The van der Waals surface area contributed by atoms with E-state index >= 15 is 0 Å². The second-order valence-corrected chi connectivity index (χ2v) is 6.19. The highest BCUT2D eigenvalue weighted by Gasteiger charge is 2.31. The van der Waals surface area contributed by atoms with Crippen molar-refractivity contribution in [1.29, 1.82) is 0 Å². The van der Waals surface area contributed by atoms with E-state index in [1.807, 2.05) is 6.07 Å². The standard InChI is InChI=1S/C17H24N2O2/c1-18-8-9-19(12-17(20)15-7-10-21-13-15)16(11-18)14-5-3-2-4-6-14/h2-6,15-16H,7-13H2,1H3. The smallest absolute Gasteiger partial charge is 0.152 e. The number of rotatable bonds is 4. The summed E-state index contributed by atoms with van der Waals surface area (Å²) in [4.78, 5) is 17.1. The van der Waals surface area contributed by atoms with Crippen molar-refractivity contribution in [2.45, 2.75) is 12.5 Å². The number of hydrogen-bond donors (Lipinski definition) is 0. The van der Waals surface area contributed by atoms with Gasteiger partial charge in [-0.3, -0.25) is 9.69 Å². The number of benzene rings is 1. The van der Waals surface area contributed by atoms with Crippen molar-refractivity contribution in [3.63, 3.8) is 0 Å². The van der Waals surface area contributed by atoms with Gasteiger partial charge in [-0.1, -0.05) is 30.3 Å². The van der Waals surface area contributed by atoms with Gasteiger partial charge in [0.2, 0.25) is 0 Å². The Hall–Kier alpha value is -1.23. The van der Waals surface area contributed by atoms with Crippen LogP contribution in [0.3, 0.4) is 0 Å². The Balaban J connectivity index is 1.70. The van der Waals surface area contributed by atoms with Crippen molar-refractivity contribution in [3.8, 4) is 0 Å². The summed E-state index contributed by atoms with van der Waals surface area (Å²) >= 11 is 0. The van der Waals surface area contributed by atoms with Gasteiger partial charge in [-0.25, -0.2) is 0 Å². The fraction of sp³-hybridized carbons (Fsp3) is 0.588. The van der Waals surface area contributed by atoms with Crippen LogP contribution in [-0.2, 0) is 9.53 Å². The van der Waals surface area contributed by atoms with Crippen molar-refractivity contribution in [3.05, 3.63) is 35.9 Å². The molecule has 3 rings (SSSR count). The van der Waals surface area contributed by atoms with Crippen molar-refractivity contribution in [1.82, 2.24) is 9.80 Å². The predicted octanol–water partition coefficient (Wildman–Crippen LogP) is 1.58. The van der Waals surface area contributed by atoms with E-state index in [0.29, 0.717) is 25.0 Å². The van der Waals surface area contributed by atoms with E-state index < -0.39 is 0 Å². The minimum Gasteiger partial charge on any atom is -0.381 e. The van der Waals surface area contributed by atoms with Crippen LogP contribution in [0.25, 0.3) is 0 Å². The van der Waals surface area contributed by atoms with Crippen LogP contribution in [0.4, 0.5) is 0 Å². The number of carbonyl (C=O) groups is 1. The summed E-state index contributed by atoms with van der Waals surface area (Å²) in [5.41, 5.74) is 1.31. The Morgan fingerprint density at radius 1 is 1.29 bits per heavy atom. The quantitative estimate of drug-likeness (QED) is 0.842. The molecule has 2 aliphatic heterocycles. The molecule has 0 aromatic heterocycles. The molecule has 0 spiro atoms. The minimum absolute atomic E-state index is 0.112. The molecule has 1 aromatic carbocycles. The van der Waals surface area contributed by atoms with Crippen molar-refractivity contribution >= 4 is 5.78 Å². The average Bonchev–Trinajstić information content (AvgIpc) is 3.04. The van der Waals surface area contributed by atoms with E-state index in [4.69, 9.17) is 4.74 Å². The Morgan fingerprint density at radius 2 is 2.10 bits per heavy atom. The van der Waals surface area contributed by atoms with Gasteiger partial charge in [0.15, 0.2) is 5.78 Å². The highest BCUT2D eigenvalue weighted by atomic mass is 16.5. The first kappa shape index (κ1) is 14.7. The number of nitrogens with zero attached hydrogens (tertiary/aromatic N) is 2. The lowest BCUT2D eigenvalue weighted by Gasteiger charge is -2.40. The van der Waals surface area contributed by atoms with Gasteiger partial charge >= 0.3 is 0 Å². The van der Waals surface area contributed by atoms with Gasteiger partial charge < -0.3 is 9.64 Å². The van der Waals surface area contributed by atoms with E-state index in [2.05, 4.69) is 41.1 Å². The Kier molecular flexibility index (Phi) is 4.68. The second-order valence-electron chi connectivity index (χ2n) is 6.19. The van der Waals surface area contributed by atoms with Crippen molar-refractivity contribution in [2.24, 2.45) is 5.92 Å². The van der Waals surface area contributed by atoms with Crippen LogP contribution in [0.1, 0.15) is 18.0 Å². The Bertz CT molecular complexity index is 471. The SMILES string of the molecule is CN1CCN(CC(=O)C2CCOC2)C(c2ccccc2)C1. The summed E-state index contributed by atoms with van der Waals surface area (Å²) < 4.78 is 5.35. The molecule has 0 radical (unpaired) electrons. The number of ketones is 1. The van der Waals surface area contributed by atoms with Gasteiger partial charge in [0.05, 0.1) is 13.2 Å². The highest BCUT2D eigenvalue weighted by Crippen LogP contribution is 2.25. The summed E-state index contributed by atoms with van der Waals surface area (Å²) in [7, 11) is 2.15. The molecular formula is C17H24N2O2. The van der Waals surface area contributed by atoms with Crippen LogP contribution in [0.5, 0.6) is 0 Å². The number of hydrogen-bond acceptors (Lipinski definition) is 4. The Labute approximate surface area is 126 Å². The minimum atomic E-state index is 0.112. The lowest BCUT2D eigenvalue weighted by molar-refractivity contribution is -0.125. The van der Waals surface area contributed by atoms with Gasteiger partial charge in [-0.15, -0.1) is 0 Å². The van der Waals surface area contributed by atoms with Crippen molar-refractivity contribution in [2.75, 3.05) is 46.4 Å². The molecule has 2 saturated heterocycles. The van der Waals surface area contributed by atoms with E-state index in [0.717, 1.165) is 32.7 Å². The van der Waals surface area contributed by atoms with Crippen LogP contribution < -0.4 is 0 Å². The number of likely N-dealkylation sites (N-methyl/N-ethyl adjacent to an activating group) is 1. The van der Waals surface area contributed by atoms with E-state index in [1.165, 1.54) is 5.56 Å². The van der Waals surface area contributed by atoms with E-state index in [1.54, 1.807) is 0 Å². The maximum Gasteiger partial charge on any atom is 0.152 e. The zero-order chi connectivity index (χ0) is 14.7. The molecule has 114 valence electrons. The van der Waals surface area contributed by atoms with Crippen LogP contribution in [0.15, 0.2) is 30.3 Å². The zero-order valence-corrected chi connectivity index (χ0v) is 12.7. The predicted molar refractivity (Wildman–Crippen MR) is 82.2 cm³/mol. The molecule has 0 aliphatic carbocycles. The lowest BCUT2D eigenvalue weighted by Crippen LogP contribution is -2.49. The molecule has 2 unspecified atom stereocenters. The fourth-order valence-electron chi connectivity index (χ4n) is 3.26. The van der Waals surface area contributed by atoms with Crippen molar-refractivity contribution < 1.29 is 9.53 Å². The maximum atomic E-state index is 12.4. The van der Waals surface area contributed by atoms with Gasteiger partial charge in [0, 0.05) is 38.2 Å². The monoisotopic (exact) mass is 288 g/mol. The molecule has 4 heteroatoms. The maximum absolute atomic E-state index is 12.4. The summed E-state index contributed by atoms with van der Waals surface area (Å²) in [6, 6.07) is 10.8. The first-order chi connectivity index (χ1) is 10.2. The molecule has 21 heavy (non-hydrogen) atoms. The molecule has 2 atom stereocenters. The molecular weight excluding hydrogens is 264 g/mol. The number of piperazine rings is 1. The lowest BCUT2D eigenvalue weighted by atomic mass is 9.99. The van der Waals surface area contributed by atoms with Gasteiger partial charge in [0.25, 0.3) is 0 Å². The molecule has 2 aliphatic rings. The summed E-state index contributed by atoms with van der Waals surface area (Å²) in [5, 5.41) is 0. The fourth-order valence-corrected chi connectivity index (χ4v) is 3.26. The molecule has 0 N–H and O–H groups in total. The topological polar surface area (TPSA) is 32.8 Å². The first-order valence-electron chi connectivity index (χ1n) is 7.82. The molecule has 2 fully saturated rings. The van der Waals surface area contributed by atoms with Crippen LogP contribution in [0.2, 0.25) is 0 Å². The molecule has 4 nitrogen and oxygen atoms in total. The normalized spacial score (nSPS) is 27.9. The second kappa shape index (κ2) is 6.69. The highest BCUT2D eigenvalue weighted by molar-refractivity contribution is 5.83. The van der Waals surface area contributed by atoms with Gasteiger partial charge in [-0.2, -0.15) is 0 Å². The third-order valence-corrected chi connectivity index (χ3v) is 4.62. The van der Waals surface area contributed by atoms with Crippen LogP contribution in [0, 0.1) is 5.92 Å². The summed E-state index contributed by atoms with van der Waals surface area (Å²) in [6.07, 6.45) is 0.891. The average molecular weight is 288 g/mol. The van der Waals surface area contributed by atoms with Crippen LogP contribution in [-0.4, -0.2) is 62.0 Å². The first-order valence-corrected chi connectivity index (χ1v) is 7.82. The Morgan fingerprint density at radius 3 is 2.81 bits per heavy atom. The zero-order valence-electron chi connectivity index (χ0n) is 12.7. The third-order valence-electron chi connectivity index (χ3n) is 4.62. The van der Waals surface area contributed by atoms with Gasteiger partial charge in [0.1, 0.15) is 0 Å². The molecule has 0 saturated carbocycles. The number of ether oxygens (including phenoxy) is 1. The van der Waals surface area contributed by atoms with E-state index in [-0.39, 0.29) is 5.92 Å². The number of carbonyl (C=O) groups excluding carboxylic acids is 1. The van der Waals surface area contributed by atoms with Crippen LogP contribution >= 0.6 is 0 Å². The molecule has 0 bridgehead atoms.